The Kier molecular flexibility index (Phi) is 7.89. The maximum atomic E-state index is 12.8. The Morgan fingerprint density at radius 3 is 1.41 bits per heavy atom. The second kappa shape index (κ2) is 10.4. The Hall–Kier alpha value is -0.210. The quantitative estimate of drug-likeness (QED) is 0.528. The van der Waals surface area contributed by atoms with E-state index in [1.165, 1.54) is 77.5 Å². The lowest BCUT2D eigenvalue weighted by atomic mass is 10.2. The van der Waals surface area contributed by atoms with Gasteiger partial charge in [-0.25, -0.2) is 8.42 Å². The van der Waals surface area contributed by atoms with E-state index in [0.717, 1.165) is 39.3 Å². The summed E-state index contributed by atoms with van der Waals surface area (Å²) >= 11 is 0. The van der Waals surface area contributed by atoms with Gasteiger partial charge in [-0.1, -0.05) is 0 Å². The molecule has 0 bridgehead atoms. The van der Waals surface area contributed by atoms with Crippen molar-refractivity contribution in [3.05, 3.63) is 0 Å². The number of rotatable bonds is 10. The molecule has 0 radical (unpaired) electrons. The van der Waals surface area contributed by atoms with E-state index in [0.29, 0.717) is 23.6 Å². The highest BCUT2D eigenvalue weighted by atomic mass is 32.2. The summed E-state index contributed by atoms with van der Waals surface area (Å²) in [6.07, 6.45) is 10.2. The Morgan fingerprint density at radius 2 is 1.00 bits per heavy atom. The second-order valence-corrected chi connectivity index (χ2v) is 12.1. The molecule has 6 nitrogen and oxygen atoms in total. The Balaban J connectivity index is 1.19. The number of hydrogen-bond donors (Lipinski definition) is 0. The van der Waals surface area contributed by atoms with Gasteiger partial charge in [0.1, 0.15) is 0 Å². The summed E-state index contributed by atoms with van der Waals surface area (Å²) in [4.78, 5) is 10.1. The first-order chi connectivity index (χ1) is 14.1. The molecule has 7 heteroatoms. The van der Waals surface area contributed by atoms with Crippen LogP contribution in [0.25, 0.3) is 0 Å². The smallest absolute Gasteiger partial charge is 0.152 e. The average molecular weight is 427 g/mol. The molecule has 2 unspecified atom stereocenters. The van der Waals surface area contributed by atoms with Crippen molar-refractivity contribution < 1.29 is 8.42 Å². The van der Waals surface area contributed by atoms with Crippen molar-refractivity contribution in [3.8, 4) is 0 Å². The molecule has 4 fully saturated rings. The fourth-order valence-electron chi connectivity index (χ4n) is 5.93. The summed E-state index contributed by atoms with van der Waals surface area (Å²) in [6.45, 7) is 10.9. The predicted octanol–water partition coefficient (Wildman–Crippen LogP) is 1.52. The topological polar surface area (TPSA) is 47.1 Å². The summed E-state index contributed by atoms with van der Waals surface area (Å²) in [6, 6.07) is 1.15. The van der Waals surface area contributed by atoms with Crippen molar-refractivity contribution in [2.75, 3.05) is 77.0 Å². The lowest BCUT2D eigenvalue weighted by Crippen LogP contribution is -2.43. The first-order valence-electron chi connectivity index (χ1n) is 12.2. The van der Waals surface area contributed by atoms with Crippen molar-refractivity contribution in [1.29, 1.82) is 0 Å². The predicted molar refractivity (Wildman–Crippen MR) is 119 cm³/mol. The minimum atomic E-state index is -2.97. The van der Waals surface area contributed by atoms with Crippen LogP contribution in [0.2, 0.25) is 0 Å². The summed E-state index contributed by atoms with van der Waals surface area (Å²) in [5.74, 6) is 0.683. The van der Waals surface area contributed by atoms with Crippen LogP contribution in [0.4, 0.5) is 0 Å². The molecule has 4 aliphatic heterocycles. The standard InChI is InChI=1S/C22H42N4O2S/c27-29(28,17-15-25-13-5-7-21(25)19-23-9-1-2-10-23)18-16-26-14-6-8-22(26)20-24-11-3-4-12-24/h21-22H,1-20H2. The van der Waals surface area contributed by atoms with Crippen LogP contribution in [0.1, 0.15) is 51.4 Å². The molecule has 4 saturated heterocycles. The molecule has 0 amide bonds. The van der Waals surface area contributed by atoms with Gasteiger partial charge in [0.15, 0.2) is 9.84 Å². The normalized spacial score (nSPS) is 30.8. The molecule has 0 aromatic carbocycles. The molecule has 4 rings (SSSR count). The third kappa shape index (κ3) is 6.39. The fraction of sp³-hybridized carbons (Fsp3) is 1.00. The number of sulfone groups is 1. The zero-order valence-corrected chi connectivity index (χ0v) is 19.1. The van der Waals surface area contributed by atoms with Crippen LogP contribution in [-0.2, 0) is 9.84 Å². The Labute approximate surface area is 178 Å². The lowest BCUT2D eigenvalue weighted by Gasteiger charge is -2.29. The van der Waals surface area contributed by atoms with Gasteiger partial charge in [0.05, 0.1) is 11.5 Å². The minimum absolute atomic E-state index is 0.341. The van der Waals surface area contributed by atoms with Gasteiger partial charge < -0.3 is 9.80 Å². The van der Waals surface area contributed by atoms with Crippen LogP contribution in [0, 0.1) is 0 Å². The van der Waals surface area contributed by atoms with Crippen molar-refractivity contribution in [3.63, 3.8) is 0 Å². The van der Waals surface area contributed by atoms with Crippen molar-refractivity contribution in [1.82, 2.24) is 19.6 Å². The fourth-order valence-corrected chi connectivity index (χ4v) is 7.16. The second-order valence-electron chi connectivity index (χ2n) is 9.83. The molecular weight excluding hydrogens is 384 g/mol. The zero-order chi connectivity index (χ0) is 20.1. The van der Waals surface area contributed by atoms with E-state index < -0.39 is 9.84 Å². The first-order valence-corrected chi connectivity index (χ1v) is 14.0. The van der Waals surface area contributed by atoms with Crippen molar-refractivity contribution in [2.45, 2.75) is 63.5 Å². The molecule has 29 heavy (non-hydrogen) atoms. The van der Waals surface area contributed by atoms with Crippen LogP contribution in [0.15, 0.2) is 0 Å². The van der Waals surface area contributed by atoms with Gasteiger partial charge in [0.25, 0.3) is 0 Å². The maximum absolute atomic E-state index is 12.8. The number of nitrogens with zero attached hydrogens (tertiary/aromatic N) is 4. The summed E-state index contributed by atoms with van der Waals surface area (Å²) < 4.78 is 25.5. The van der Waals surface area contributed by atoms with Gasteiger partial charge in [-0.3, -0.25) is 9.80 Å². The van der Waals surface area contributed by atoms with Crippen LogP contribution < -0.4 is 0 Å². The van der Waals surface area contributed by atoms with Crippen LogP contribution >= 0.6 is 0 Å². The van der Waals surface area contributed by atoms with Gasteiger partial charge >= 0.3 is 0 Å². The van der Waals surface area contributed by atoms with E-state index in [9.17, 15) is 8.42 Å². The summed E-state index contributed by atoms with van der Waals surface area (Å²) in [5, 5.41) is 0. The van der Waals surface area contributed by atoms with E-state index in [2.05, 4.69) is 19.6 Å². The van der Waals surface area contributed by atoms with Crippen molar-refractivity contribution in [2.24, 2.45) is 0 Å². The van der Waals surface area contributed by atoms with Crippen molar-refractivity contribution >= 4 is 9.84 Å². The third-order valence-electron chi connectivity index (χ3n) is 7.71. The number of hydrogen-bond acceptors (Lipinski definition) is 6. The molecule has 168 valence electrons. The molecule has 4 heterocycles. The highest BCUT2D eigenvalue weighted by Crippen LogP contribution is 2.22. The average Bonchev–Trinajstić information content (AvgIpc) is 3.49. The zero-order valence-electron chi connectivity index (χ0n) is 18.3. The molecule has 0 aromatic heterocycles. The van der Waals surface area contributed by atoms with Gasteiger partial charge in [-0.2, -0.15) is 0 Å². The van der Waals surface area contributed by atoms with Crippen LogP contribution in [0.5, 0.6) is 0 Å². The molecule has 0 N–H and O–H groups in total. The Morgan fingerprint density at radius 1 is 0.586 bits per heavy atom. The molecule has 4 aliphatic rings. The largest absolute Gasteiger partial charge is 0.302 e. The first kappa shape index (κ1) is 22.0. The van der Waals surface area contributed by atoms with Crippen LogP contribution in [0.3, 0.4) is 0 Å². The highest BCUT2D eigenvalue weighted by Gasteiger charge is 2.30. The Bertz CT molecular complexity index is 556. The van der Waals surface area contributed by atoms with Gasteiger partial charge in [0.2, 0.25) is 0 Å². The molecule has 0 aliphatic carbocycles. The molecule has 0 aromatic rings. The lowest BCUT2D eigenvalue weighted by molar-refractivity contribution is 0.197. The van der Waals surface area contributed by atoms with Crippen LogP contribution in [-0.4, -0.2) is 117 Å². The molecule has 0 saturated carbocycles. The van der Waals surface area contributed by atoms with Gasteiger partial charge in [-0.05, 0) is 90.6 Å². The van der Waals surface area contributed by atoms with E-state index in [4.69, 9.17) is 0 Å². The SMILES string of the molecule is O=S(=O)(CCN1CCCC1CN1CCCC1)CCN1CCCC1CN1CCCC1. The maximum Gasteiger partial charge on any atom is 0.152 e. The van der Waals surface area contributed by atoms with E-state index in [1.54, 1.807) is 0 Å². The summed E-state index contributed by atoms with van der Waals surface area (Å²) in [5.41, 5.74) is 0. The third-order valence-corrected chi connectivity index (χ3v) is 9.32. The van der Waals surface area contributed by atoms with Gasteiger partial charge in [-0.15, -0.1) is 0 Å². The molecular formula is C22H42N4O2S. The highest BCUT2D eigenvalue weighted by molar-refractivity contribution is 7.91. The van der Waals surface area contributed by atoms with E-state index >= 15 is 0 Å². The molecule has 2 atom stereocenters. The molecule has 0 spiro atoms. The minimum Gasteiger partial charge on any atom is -0.302 e. The van der Waals surface area contributed by atoms with E-state index in [1.807, 2.05) is 0 Å². The van der Waals surface area contributed by atoms with E-state index in [-0.39, 0.29) is 0 Å². The summed E-state index contributed by atoms with van der Waals surface area (Å²) in [7, 11) is -2.97. The number of likely N-dealkylation sites (tertiary alicyclic amines) is 4. The monoisotopic (exact) mass is 426 g/mol. The van der Waals surface area contributed by atoms with Gasteiger partial charge in [0, 0.05) is 38.3 Å².